The van der Waals surface area contributed by atoms with Crippen molar-refractivity contribution in [3.8, 4) is 0 Å². The maximum absolute atomic E-state index is 12.6. The molecule has 1 aliphatic heterocycles. The lowest BCUT2D eigenvalue weighted by Crippen LogP contribution is -2.50. The summed E-state index contributed by atoms with van der Waals surface area (Å²) >= 11 is 0. The van der Waals surface area contributed by atoms with Gasteiger partial charge in [0.15, 0.2) is 5.82 Å². The first-order valence-corrected chi connectivity index (χ1v) is 11.6. The molecule has 0 unspecified atom stereocenters. The van der Waals surface area contributed by atoms with Crippen LogP contribution >= 0.6 is 0 Å². The molecule has 0 saturated heterocycles. The third-order valence-electron chi connectivity index (χ3n) is 6.57. The van der Waals surface area contributed by atoms with Crippen molar-refractivity contribution in [2.45, 2.75) is 64.7 Å². The molecule has 0 bridgehead atoms. The Labute approximate surface area is 201 Å². The van der Waals surface area contributed by atoms with Crippen LogP contribution in [-0.4, -0.2) is 45.9 Å². The number of nitrogens with one attached hydrogen (secondary N) is 2. The zero-order valence-electron chi connectivity index (χ0n) is 20.1. The van der Waals surface area contributed by atoms with Crippen LogP contribution in [0.2, 0.25) is 0 Å². The first-order chi connectivity index (χ1) is 16.4. The molecule has 11 heteroatoms. The van der Waals surface area contributed by atoms with Gasteiger partial charge in [0.1, 0.15) is 23.2 Å². The number of alkyl halides is 3. The van der Waals surface area contributed by atoms with Crippen molar-refractivity contribution >= 4 is 23.3 Å². The molecule has 8 nitrogen and oxygen atoms in total. The number of nitrogens with zero attached hydrogens (tertiary/aromatic N) is 4. The molecule has 1 saturated carbocycles. The average Bonchev–Trinajstić information content (AvgIpc) is 2.72. The van der Waals surface area contributed by atoms with Crippen molar-refractivity contribution in [3.63, 3.8) is 0 Å². The molecule has 0 spiro atoms. The Morgan fingerprint density at radius 1 is 1.26 bits per heavy atom. The van der Waals surface area contributed by atoms with Crippen molar-refractivity contribution < 1.29 is 22.8 Å². The van der Waals surface area contributed by atoms with Crippen molar-refractivity contribution in [1.82, 2.24) is 20.3 Å². The Kier molecular flexibility index (Phi) is 6.70. The minimum Gasteiger partial charge on any atom is -0.353 e. The third-order valence-corrected chi connectivity index (χ3v) is 6.57. The molecule has 2 N–H and O–H groups in total. The fourth-order valence-corrected chi connectivity index (χ4v) is 4.80. The second-order valence-electron chi connectivity index (χ2n) is 9.75. The highest BCUT2D eigenvalue weighted by molar-refractivity contribution is 6.03. The van der Waals surface area contributed by atoms with Crippen molar-refractivity contribution in [1.29, 1.82) is 0 Å². The van der Waals surface area contributed by atoms with Gasteiger partial charge in [-0.3, -0.25) is 14.6 Å². The lowest BCUT2D eigenvalue weighted by atomic mass is 9.78. The predicted molar refractivity (Wildman–Crippen MR) is 124 cm³/mol. The van der Waals surface area contributed by atoms with Crippen LogP contribution in [0.3, 0.4) is 0 Å². The molecule has 188 valence electrons. The van der Waals surface area contributed by atoms with Gasteiger partial charge in [-0.2, -0.15) is 13.2 Å². The molecule has 4 rings (SSSR count). The number of amides is 2. The number of aromatic nitrogens is 3. The van der Waals surface area contributed by atoms with Crippen LogP contribution in [-0.2, 0) is 28.6 Å². The molecule has 0 radical (unpaired) electrons. The highest BCUT2D eigenvalue weighted by Gasteiger charge is 2.36. The number of hydrogen-bond donors (Lipinski definition) is 2. The summed E-state index contributed by atoms with van der Waals surface area (Å²) in [4.78, 5) is 39.4. The number of hydrogen-bond acceptors (Lipinski definition) is 6. The summed E-state index contributed by atoms with van der Waals surface area (Å²) in [5.74, 6) is 1.57. The molecule has 3 heterocycles. The summed E-state index contributed by atoms with van der Waals surface area (Å²) in [5, 5.41) is 5.88. The van der Waals surface area contributed by atoms with Gasteiger partial charge in [0.2, 0.25) is 11.8 Å². The molecule has 1 aliphatic carbocycles. The van der Waals surface area contributed by atoms with E-state index in [-0.39, 0.29) is 36.2 Å². The van der Waals surface area contributed by atoms with E-state index in [1.54, 1.807) is 0 Å². The average molecular weight is 491 g/mol. The predicted octanol–water partition coefficient (Wildman–Crippen LogP) is 3.29. The normalized spacial score (nSPS) is 21.9. The van der Waals surface area contributed by atoms with E-state index in [4.69, 9.17) is 4.98 Å². The minimum absolute atomic E-state index is 0.0147. The van der Waals surface area contributed by atoms with Crippen LogP contribution in [0.4, 0.5) is 24.7 Å². The largest absolute Gasteiger partial charge is 0.433 e. The monoisotopic (exact) mass is 490 g/mol. The van der Waals surface area contributed by atoms with Gasteiger partial charge in [0, 0.05) is 25.7 Å². The molecule has 2 aliphatic rings. The van der Waals surface area contributed by atoms with E-state index >= 15 is 0 Å². The summed E-state index contributed by atoms with van der Waals surface area (Å²) in [6.45, 7) is 5.85. The number of likely N-dealkylation sites (N-methyl/N-ethyl adjacent to an activating group) is 1. The molecule has 2 amide bonds. The summed E-state index contributed by atoms with van der Waals surface area (Å²) in [7, 11) is 1.87. The van der Waals surface area contributed by atoms with Gasteiger partial charge >= 0.3 is 6.18 Å². The molecular weight excluding hydrogens is 461 g/mol. The summed E-state index contributed by atoms with van der Waals surface area (Å²) in [6.07, 6.45) is -1.21. The third kappa shape index (κ3) is 5.38. The highest BCUT2D eigenvalue weighted by atomic mass is 19.4. The number of rotatable bonds is 6. The van der Waals surface area contributed by atoms with Crippen LogP contribution in [0.5, 0.6) is 0 Å². The topological polar surface area (TPSA) is 100 Å². The Hall–Kier alpha value is -3.24. The van der Waals surface area contributed by atoms with E-state index in [0.29, 0.717) is 29.4 Å². The van der Waals surface area contributed by atoms with Crippen LogP contribution in [0.1, 0.15) is 49.5 Å². The first kappa shape index (κ1) is 24.9. The van der Waals surface area contributed by atoms with Gasteiger partial charge in [0.05, 0.1) is 12.1 Å². The fourth-order valence-electron chi connectivity index (χ4n) is 4.80. The highest BCUT2D eigenvalue weighted by Crippen LogP contribution is 2.35. The summed E-state index contributed by atoms with van der Waals surface area (Å²) in [5.41, 5.74) is 0.827. The van der Waals surface area contributed by atoms with Crippen molar-refractivity contribution in [2.75, 3.05) is 17.3 Å². The second-order valence-corrected chi connectivity index (χ2v) is 9.75. The molecule has 1 fully saturated rings. The van der Waals surface area contributed by atoms with Crippen LogP contribution in [0.15, 0.2) is 18.3 Å². The quantitative estimate of drug-likeness (QED) is 0.645. The second kappa shape index (κ2) is 9.43. The number of fused-ring (bicyclic) bond motifs is 1. The van der Waals surface area contributed by atoms with Gasteiger partial charge in [-0.15, -0.1) is 0 Å². The van der Waals surface area contributed by atoms with Gasteiger partial charge in [-0.1, -0.05) is 19.9 Å². The van der Waals surface area contributed by atoms with E-state index in [2.05, 4.69) is 20.6 Å². The SMILES string of the molecule is Cc1nc(CC2CC(NC(=O)Cc3ccc(C(F)(F)F)nc3)C2)nc2c1NC(=O)[C@H](C(C)C)N2C. The van der Waals surface area contributed by atoms with Gasteiger partial charge in [-0.25, -0.2) is 9.97 Å². The number of carbonyl (C=O) groups is 2. The minimum atomic E-state index is -4.50. The Bertz CT molecular complexity index is 1110. The first-order valence-electron chi connectivity index (χ1n) is 11.6. The van der Waals surface area contributed by atoms with Crippen LogP contribution < -0.4 is 15.5 Å². The maximum Gasteiger partial charge on any atom is 0.433 e. The number of pyridine rings is 1. The molecule has 1 atom stereocenters. The van der Waals surface area contributed by atoms with E-state index < -0.39 is 11.9 Å². The molecule has 2 aromatic rings. The van der Waals surface area contributed by atoms with Gasteiger partial charge in [0.25, 0.3) is 0 Å². The maximum atomic E-state index is 12.6. The van der Waals surface area contributed by atoms with Crippen LogP contribution in [0.25, 0.3) is 0 Å². The molecule has 35 heavy (non-hydrogen) atoms. The smallest absolute Gasteiger partial charge is 0.353 e. The molecule has 0 aromatic carbocycles. The van der Waals surface area contributed by atoms with Gasteiger partial charge < -0.3 is 15.5 Å². The number of anilines is 2. The van der Waals surface area contributed by atoms with E-state index in [0.717, 1.165) is 36.6 Å². The Balaban J connectivity index is 1.30. The van der Waals surface area contributed by atoms with E-state index in [1.165, 1.54) is 6.07 Å². The zero-order valence-corrected chi connectivity index (χ0v) is 20.1. The zero-order chi connectivity index (χ0) is 25.5. The number of halogens is 3. The molecule has 2 aromatic heterocycles. The standard InChI is InChI=1S/C24H29F3N6O2/c1-12(2)21-23(35)32-20-13(3)29-18(31-22(20)33(21)4)9-15-7-16(8-15)30-19(34)10-14-5-6-17(28-11-14)24(25,26)27/h5-6,11-12,15-16,21H,7-10H2,1-4H3,(H,30,34)(H,32,35)/t15?,16?,21-/m0/s1. The Morgan fingerprint density at radius 2 is 1.97 bits per heavy atom. The fraction of sp³-hybridized carbons (Fsp3) is 0.542. The lowest BCUT2D eigenvalue weighted by Gasteiger charge is -2.38. The van der Waals surface area contributed by atoms with Crippen molar-refractivity contribution in [3.05, 3.63) is 41.1 Å². The van der Waals surface area contributed by atoms with Gasteiger partial charge in [-0.05, 0) is 43.2 Å². The molecular formula is C24H29F3N6O2. The number of aryl methyl sites for hydroxylation is 1. The number of carbonyl (C=O) groups excluding carboxylic acids is 2. The Morgan fingerprint density at radius 3 is 2.57 bits per heavy atom. The lowest BCUT2D eigenvalue weighted by molar-refractivity contribution is -0.141. The summed E-state index contributed by atoms with van der Waals surface area (Å²) < 4.78 is 37.9. The van der Waals surface area contributed by atoms with E-state index in [1.807, 2.05) is 32.7 Å². The van der Waals surface area contributed by atoms with E-state index in [9.17, 15) is 22.8 Å². The van der Waals surface area contributed by atoms with Crippen molar-refractivity contribution in [2.24, 2.45) is 11.8 Å². The summed E-state index contributed by atoms with van der Waals surface area (Å²) in [6, 6.07) is 1.88. The van der Waals surface area contributed by atoms with Crippen LogP contribution in [0, 0.1) is 18.8 Å².